The normalized spacial score (nSPS) is 22.1. The zero-order chi connectivity index (χ0) is 17.1. The minimum absolute atomic E-state index is 0.270. The predicted octanol–water partition coefficient (Wildman–Crippen LogP) is 1.43. The molecular weight excluding hydrogens is 294 g/mol. The average Bonchev–Trinajstić information content (AvgIpc) is 2.35. The van der Waals surface area contributed by atoms with E-state index in [2.05, 4.69) is 17.1 Å². The average molecular weight is 327 g/mol. The SMILES string of the molecule is CCCN(CC1(O)CCN(C(=O)OC(C)(C)C)CC1)C1CNC1. The van der Waals surface area contributed by atoms with Gasteiger partial charge in [-0.25, -0.2) is 4.79 Å². The van der Waals surface area contributed by atoms with E-state index in [1.807, 2.05) is 20.8 Å². The Morgan fingerprint density at radius 3 is 2.39 bits per heavy atom. The third kappa shape index (κ3) is 5.33. The summed E-state index contributed by atoms with van der Waals surface area (Å²) >= 11 is 0. The van der Waals surface area contributed by atoms with Crippen molar-refractivity contribution in [2.75, 3.05) is 39.3 Å². The molecule has 6 heteroatoms. The monoisotopic (exact) mass is 327 g/mol. The molecule has 2 N–H and O–H groups in total. The van der Waals surface area contributed by atoms with Gasteiger partial charge in [-0.15, -0.1) is 0 Å². The number of amides is 1. The van der Waals surface area contributed by atoms with Crippen LogP contribution in [0.3, 0.4) is 0 Å². The zero-order valence-corrected chi connectivity index (χ0v) is 15.1. The van der Waals surface area contributed by atoms with E-state index in [4.69, 9.17) is 4.74 Å². The third-order valence-electron chi connectivity index (χ3n) is 4.63. The molecule has 2 aliphatic heterocycles. The number of nitrogens with zero attached hydrogens (tertiary/aromatic N) is 2. The van der Waals surface area contributed by atoms with E-state index in [1.165, 1.54) is 0 Å². The number of nitrogens with one attached hydrogen (secondary N) is 1. The minimum Gasteiger partial charge on any atom is -0.444 e. The molecule has 0 saturated carbocycles. The molecule has 0 aliphatic carbocycles. The molecule has 0 unspecified atom stereocenters. The highest BCUT2D eigenvalue weighted by Crippen LogP contribution is 2.26. The molecule has 0 atom stereocenters. The standard InChI is InChI=1S/C17H33N3O3/c1-5-8-20(14-11-18-12-14)13-17(22)6-9-19(10-7-17)15(21)23-16(2,3)4/h14,18,22H,5-13H2,1-4H3. The molecule has 2 saturated heterocycles. The van der Waals surface area contributed by atoms with Crippen LogP contribution >= 0.6 is 0 Å². The second kappa shape index (κ2) is 7.36. The van der Waals surface area contributed by atoms with Gasteiger partial charge < -0.3 is 20.1 Å². The van der Waals surface area contributed by atoms with Crippen LogP contribution in [0.25, 0.3) is 0 Å². The molecule has 2 rings (SSSR count). The fraction of sp³-hybridized carbons (Fsp3) is 0.941. The van der Waals surface area contributed by atoms with Gasteiger partial charge >= 0.3 is 6.09 Å². The van der Waals surface area contributed by atoms with E-state index in [1.54, 1.807) is 4.90 Å². The lowest BCUT2D eigenvalue weighted by Gasteiger charge is -2.45. The molecule has 2 heterocycles. The molecule has 0 spiro atoms. The van der Waals surface area contributed by atoms with Gasteiger partial charge in [0.2, 0.25) is 0 Å². The Balaban J connectivity index is 1.84. The molecule has 0 aromatic heterocycles. The van der Waals surface area contributed by atoms with Gasteiger partial charge in [0.15, 0.2) is 0 Å². The first-order valence-electron chi connectivity index (χ1n) is 8.87. The number of likely N-dealkylation sites (tertiary alicyclic amines) is 1. The first kappa shape index (κ1) is 18.5. The number of carbonyl (C=O) groups excluding carboxylic acids is 1. The van der Waals surface area contributed by atoms with Gasteiger partial charge in [-0.05, 0) is 46.6 Å². The number of hydrogen-bond acceptors (Lipinski definition) is 5. The number of ether oxygens (including phenoxy) is 1. The van der Waals surface area contributed by atoms with Crippen molar-refractivity contribution in [3.05, 3.63) is 0 Å². The Morgan fingerprint density at radius 2 is 1.96 bits per heavy atom. The fourth-order valence-corrected chi connectivity index (χ4v) is 3.18. The van der Waals surface area contributed by atoms with Gasteiger partial charge in [0.05, 0.1) is 5.60 Å². The lowest BCUT2D eigenvalue weighted by atomic mass is 9.90. The summed E-state index contributed by atoms with van der Waals surface area (Å²) < 4.78 is 5.42. The van der Waals surface area contributed by atoms with Crippen LogP contribution in [-0.2, 0) is 4.74 Å². The number of aliphatic hydroxyl groups is 1. The lowest BCUT2D eigenvalue weighted by molar-refractivity contribution is -0.0601. The Morgan fingerprint density at radius 1 is 1.35 bits per heavy atom. The van der Waals surface area contributed by atoms with Crippen molar-refractivity contribution in [1.82, 2.24) is 15.1 Å². The van der Waals surface area contributed by atoms with Crippen LogP contribution in [-0.4, -0.2) is 77.5 Å². The summed E-state index contributed by atoms with van der Waals surface area (Å²) in [6, 6.07) is 0.544. The summed E-state index contributed by atoms with van der Waals surface area (Å²) in [4.78, 5) is 16.2. The summed E-state index contributed by atoms with van der Waals surface area (Å²) in [7, 11) is 0. The maximum absolute atomic E-state index is 12.1. The Kier molecular flexibility index (Phi) is 5.92. The van der Waals surface area contributed by atoms with Crippen LogP contribution in [0.4, 0.5) is 4.79 Å². The third-order valence-corrected chi connectivity index (χ3v) is 4.63. The predicted molar refractivity (Wildman–Crippen MR) is 90.5 cm³/mol. The van der Waals surface area contributed by atoms with Crippen molar-refractivity contribution < 1.29 is 14.6 Å². The molecule has 6 nitrogen and oxygen atoms in total. The Hall–Kier alpha value is -0.850. The van der Waals surface area contributed by atoms with Gasteiger partial charge in [0.25, 0.3) is 0 Å². The van der Waals surface area contributed by atoms with Gasteiger partial charge in [-0.2, -0.15) is 0 Å². The Labute approximate surface area is 140 Å². The van der Waals surface area contributed by atoms with Gasteiger partial charge in [-0.1, -0.05) is 6.92 Å². The highest BCUT2D eigenvalue weighted by molar-refractivity contribution is 5.68. The summed E-state index contributed by atoms with van der Waals surface area (Å²) in [6.45, 7) is 12.7. The van der Waals surface area contributed by atoms with Crippen molar-refractivity contribution in [1.29, 1.82) is 0 Å². The minimum atomic E-state index is -0.691. The molecule has 23 heavy (non-hydrogen) atoms. The number of piperidine rings is 1. The smallest absolute Gasteiger partial charge is 0.410 e. The molecular formula is C17H33N3O3. The second-order valence-electron chi connectivity index (χ2n) is 7.97. The molecule has 0 aromatic carbocycles. The van der Waals surface area contributed by atoms with Crippen molar-refractivity contribution >= 4 is 6.09 Å². The fourth-order valence-electron chi connectivity index (χ4n) is 3.18. The van der Waals surface area contributed by atoms with Crippen LogP contribution < -0.4 is 5.32 Å². The molecule has 0 radical (unpaired) electrons. The summed E-state index contributed by atoms with van der Waals surface area (Å²) in [5, 5.41) is 14.2. The largest absolute Gasteiger partial charge is 0.444 e. The van der Waals surface area contributed by atoms with Crippen LogP contribution in [0.2, 0.25) is 0 Å². The molecule has 134 valence electrons. The quantitative estimate of drug-likeness (QED) is 0.800. The van der Waals surface area contributed by atoms with E-state index in [0.717, 1.165) is 26.1 Å². The topological polar surface area (TPSA) is 65.0 Å². The maximum Gasteiger partial charge on any atom is 0.410 e. The van der Waals surface area contributed by atoms with Gasteiger partial charge in [0.1, 0.15) is 5.60 Å². The first-order valence-corrected chi connectivity index (χ1v) is 8.87. The van der Waals surface area contributed by atoms with Crippen molar-refractivity contribution in [2.45, 2.75) is 64.2 Å². The van der Waals surface area contributed by atoms with Crippen molar-refractivity contribution in [3.8, 4) is 0 Å². The van der Waals surface area contributed by atoms with Gasteiger partial charge in [0, 0.05) is 38.8 Å². The summed E-state index contributed by atoms with van der Waals surface area (Å²) in [5.41, 5.74) is -1.16. The van der Waals surface area contributed by atoms with Crippen molar-refractivity contribution in [3.63, 3.8) is 0 Å². The van der Waals surface area contributed by atoms with Crippen LogP contribution in [0.15, 0.2) is 0 Å². The molecule has 1 amide bonds. The molecule has 2 aliphatic rings. The Bertz CT molecular complexity index is 396. The van der Waals surface area contributed by atoms with E-state index in [-0.39, 0.29) is 6.09 Å². The van der Waals surface area contributed by atoms with E-state index in [9.17, 15) is 9.90 Å². The molecule has 0 bridgehead atoms. The highest BCUT2D eigenvalue weighted by atomic mass is 16.6. The van der Waals surface area contributed by atoms with Crippen LogP contribution in [0.5, 0.6) is 0 Å². The second-order valence-corrected chi connectivity index (χ2v) is 7.97. The van der Waals surface area contributed by atoms with E-state index >= 15 is 0 Å². The van der Waals surface area contributed by atoms with Gasteiger partial charge in [-0.3, -0.25) is 4.90 Å². The maximum atomic E-state index is 12.1. The van der Waals surface area contributed by atoms with Crippen LogP contribution in [0, 0.1) is 0 Å². The summed E-state index contributed by atoms with van der Waals surface area (Å²) in [6.07, 6.45) is 2.06. The zero-order valence-electron chi connectivity index (χ0n) is 15.1. The summed E-state index contributed by atoms with van der Waals surface area (Å²) in [5.74, 6) is 0. The molecule has 0 aromatic rings. The number of rotatable bonds is 5. The van der Waals surface area contributed by atoms with Crippen molar-refractivity contribution in [2.24, 2.45) is 0 Å². The molecule has 2 fully saturated rings. The number of hydrogen-bond donors (Lipinski definition) is 2. The first-order chi connectivity index (χ1) is 10.7. The van der Waals surface area contributed by atoms with Crippen LogP contribution in [0.1, 0.15) is 47.0 Å². The lowest BCUT2D eigenvalue weighted by Crippen LogP contribution is -2.61. The van der Waals surface area contributed by atoms with E-state index in [0.29, 0.717) is 38.5 Å². The number of carbonyl (C=O) groups is 1. The van der Waals surface area contributed by atoms with E-state index < -0.39 is 11.2 Å². The highest BCUT2D eigenvalue weighted by Gasteiger charge is 2.38.